The number of fused-ring (bicyclic) bond motifs is 1. The Morgan fingerprint density at radius 2 is 1.13 bits per heavy atom. The van der Waals surface area contributed by atoms with Crippen molar-refractivity contribution in [2.24, 2.45) is 0 Å². The fourth-order valence-electron chi connectivity index (χ4n) is 8.41. The first-order valence-electron chi connectivity index (χ1n) is 18.2. The van der Waals surface area contributed by atoms with E-state index in [9.17, 15) is 8.78 Å². The Hall–Kier alpha value is -1.12. The van der Waals surface area contributed by atoms with Crippen molar-refractivity contribution in [3.8, 4) is 0 Å². The Morgan fingerprint density at radius 3 is 1.67 bits per heavy atom. The number of hydrogen-bond acceptors (Lipinski definition) is 5. The second kappa shape index (κ2) is 15.6. The van der Waals surface area contributed by atoms with Gasteiger partial charge in [-0.1, -0.05) is 24.3 Å². The Balaban J connectivity index is 0.000000188. The molecule has 0 amide bonds. The lowest BCUT2D eigenvalue weighted by molar-refractivity contribution is -0.170. The number of benzene rings is 1. The summed E-state index contributed by atoms with van der Waals surface area (Å²) >= 11 is 0. The van der Waals surface area contributed by atoms with E-state index in [1.807, 2.05) is 6.92 Å². The number of rotatable bonds is 0. The minimum Gasteiger partial charge on any atom is -0.347 e. The van der Waals surface area contributed by atoms with Crippen molar-refractivity contribution in [2.75, 3.05) is 32.8 Å². The van der Waals surface area contributed by atoms with Gasteiger partial charge >= 0.3 is 0 Å². The third-order valence-corrected chi connectivity index (χ3v) is 10.4. The molecule has 46 heavy (non-hydrogen) atoms. The summed E-state index contributed by atoms with van der Waals surface area (Å²) in [4.78, 5) is 7.39. The Bertz CT molecular complexity index is 1070. The van der Waals surface area contributed by atoms with Gasteiger partial charge in [0.15, 0.2) is 5.79 Å². The standard InChI is InChI=1S/C15H23N.C13H25NO2.C11H21F2N/c1-12-14-10-6-5-8-13(14)9-7-11-16(12)15(2,3)4;1-11-10-13(15-8-9-16-13)6-5-7-14(11)12(2,3)4;1-9-8-11(12,13)6-5-7-14(9)10(2,3)4/h5-6,8,10,12H,7,9,11H2,1-4H3;11H,5-10H2,1-4H3;9H,5-8H2,1-4H3. The molecule has 0 aromatic heterocycles. The van der Waals surface area contributed by atoms with Crippen LogP contribution in [0.5, 0.6) is 0 Å². The number of ether oxygens (including phenoxy) is 2. The van der Waals surface area contributed by atoms with E-state index in [0.29, 0.717) is 18.5 Å². The number of aryl methyl sites for hydroxylation is 1. The molecular formula is C39H69F2N3O2. The molecule has 4 aliphatic rings. The van der Waals surface area contributed by atoms with Gasteiger partial charge in [0.25, 0.3) is 0 Å². The number of alkyl halides is 2. The predicted octanol–water partition coefficient (Wildman–Crippen LogP) is 9.49. The van der Waals surface area contributed by atoms with E-state index in [0.717, 1.165) is 39.1 Å². The Labute approximate surface area is 281 Å². The van der Waals surface area contributed by atoms with Gasteiger partial charge in [0.1, 0.15) is 0 Å². The SMILES string of the molecule is CC1CC(F)(F)CCCN1C(C)(C)C.CC1CC2(CCCN1C(C)(C)C)OCCO2.CC1c2ccccc2CCCN1C(C)(C)C. The van der Waals surface area contributed by atoms with Crippen molar-refractivity contribution in [3.63, 3.8) is 0 Å². The van der Waals surface area contributed by atoms with Gasteiger partial charge in [-0.25, -0.2) is 8.78 Å². The summed E-state index contributed by atoms with van der Waals surface area (Å²) in [7, 11) is 0. The van der Waals surface area contributed by atoms with Crippen molar-refractivity contribution < 1.29 is 18.3 Å². The van der Waals surface area contributed by atoms with Crippen LogP contribution in [0, 0.1) is 0 Å². The molecule has 4 heterocycles. The molecule has 1 aromatic rings. The summed E-state index contributed by atoms with van der Waals surface area (Å²) < 4.78 is 38.2. The van der Waals surface area contributed by atoms with E-state index in [-0.39, 0.29) is 41.3 Å². The van der Waals surface area contributed by atoms with Gasteiger partial charge in [-0.2, -0.15) is 0 Å². The lowest BCUT2D eigenvalue weighted by Crippen LogP contribution is -2.48. The van der Waals surface area contributed by atoms with Crippen LogP contribution in [0.2, 0.25) is 0 Å². The van der Waals surface area contributed by atoms with E-state index >= 15 is 0 Å². The third kappa shape index (κ3) is 10.9. The number of hydrogen-bond donors (Lipinski definition) is 0. The van der Waals surface area contributed by atoms with Crippen LogP contribution in [0.3, 0.4) is 0 Å². The first-order valence-corrected chi connectivity index (χ1v) is 18.2. The molecule has 1 aromatic carbocycles. The van der Waals surface area contributed by atoms with Crippen molar-refractivity contribution in [2.45, 2.75) is 181 Å². The first kappa shape index (κ1) is 39.3. The summed E-state index contributed by atoms with van der Waals surface area (Å²) in [5, 5.41) is 0. The van der Waals surface area contributed by atoms with Gasteiger partial charge in [-0.15, -0.1) is 0 Å². The molecule has 7 heteroatoms. The zero-order valence-electron chi connectivity index (χ0n) is 31.6. The number of nitrogens with zero attached hydrogens (tertiary/aromatic N) is 3. The van der Waals surface area contributed by atoms with Crippen LogP contribution >= 0.6 is 0 Å². The predicted molar refractivity (Wildman–Crippen MR) is 189 cm³/mol. The van der Waals surface area contributed by atoms with E-state index in [4.69, 9.17) is 9.47 Å². The molecule has 5 nitrogen and oxygen atoms in total. The molecule has 0 bridgehead atoms. The molecular weight excluding hydrogens is 580 g/mol. The first-order chi connectivity index (χ1) is 21.2. The molecule has 0 saturated carbocycles. The molecule has 3 unspecified atom stereocenters. The summed E-state index contributed by atoms with van der Waals surface area (Å²) in [6, 6.07) is 9.97. The number of likely N-dealkylation sites (tertiary alicyclic amines) is 2. The minimum atomic E-state index is -2.46. The van der Waals surface area contributed by atoms with Crippen LogP contribution in [0.15, 0.2) is 24.3 Å². The lowest BCUT2D eigenvalue weighted by atomic mass is 9.97. The highest BCUT2D eigenvalue weighted by atomic mass is 19.3. The Morgan fingerprint density at radius 1 is 0.652 bits per heavy atom. The topological polar surface area (TPSA) is 28.2 Å². The second-order valence-electron chi connectivity index (χ2n) is 17.3. The maximum atomic E-state index is 13.2. The van der Waals surface area contributed by atoms with Crippen molar-refractivity contribution >= 4 is 0 Å². The molecule has 0 radical (unpaired) electrons. The van der Waals surface area contributed by atoms with Crippen LogP contribution in [0.4, 0.5) is 8.78 Å². The van der Waals surface area contributed by atoms with Crippen LogP contribution in [-0.4, -0.2) is 88.0 Å². The highest BCUT2D eigenvalue weighted by Gasteiger charge is 2.43. The zero-order chi connectivity index (χ0) is 34.6. The van der Waals surface area contributed by atoms with Crippen LogP contribution < -0.4 is 0 Å². The summed E-state index contributed by atoms with van der Waals surface area (Å²) in [6.07, 6.45) is 6.38. The van der Waals surface area contributed by atoms with E-state index in [1.54, 1.807) is 5.56 Å². The second-order valence-corrected chi connectivity index (χ2v) is 17.3. The molecule has 0 aliphatic carbocycles. The van der Waals surface area contributed by atoms with Crippen LogP contribution in [0.25, 0.3) is 0 Å². The van der Waals surface area contributed by atoms with Crippen LogP contribution in [-0.2, 0) is 15.9 Å². The van der Waals surface area contributed by atoms with Gasteiger partial charge in [0, 0.05) is 60.4 Å². The lowest BCUT2D eigenvalue weighted by Gasteiger charge is -2.40. The molecule has 266 valence electrons. The van der Waals surface area contributed by atoms with Gasteiger partial charge in [0.05, 0.1) is 13.2 Å². The normalized spacial score (nSPS) is 28.1. The summed E-state index contributed by atoms with van der Waals surface area (Å²) in [5.41, 5.74) is 3.57. The molecule has 3 saturated heterocycles. The largest absolute Gasteiger partial charge is 0.347 e. The highest BCUT2D eigenvalue weighted by molar-refractivity contribution is 5.31. The number of halogens is 2. The van der Waals surface area contributed by atoms with Crippen molar-refractivity contribution in [3.05, 3.63) is 35.4 Å². The molecule has 3 fully saturated rings. The van der Waals surface area contributed by atoms with Crippen LogP contribution in [0.1, 0.15) is 145 Å². The fraction of sp³-hybridized carbons (Fsp3) is 0.846. The highest BCUT2D eigenvalue weighted by Crippen LogP contribution is 2.37. The molecule has 5 rings (SSSR count). The monoisotopic (exact) mass is 650 g/mol. The fourth-order valence-corrected chi connectivity index (χ4v) is 8.41. The maximum absolute atomic E-state index is 13.2. The molecule has 4 aliphatic heterocycles. The van der Waals surface area contributed by atoms with E-state index in [1.165, 1.54) is 31.4 Å². The van der Waals surface area contributed by atoms with Gasteiger partial charge < -0.3 is 9.47 Å². The third-order valence-electron chi connectivity index (χ3n) is 10.4. The summed E-state index contributed by atoms with van der Waals surface area (Å²) in [6.45, 7) is 31.3. The molecule has 3 atom stereocenters. The average molecular weight is 650 g/mol. The minimum absolute atomic E-state index is 0.000162. The van der Waals surface area contributed by atoms with E-state index in [2.05, 4.69) is 115 Å². The van der Waals surface area contributed by atoms with Crippen molar-refractivity contribution in [1.29, 1.82) is 0 Å². The Kier molecular flexibility index (Phi) is 13.3. The maximum Gasteiger partial charge on any atom is 0.249 e. The summed E-state index contributed by atoms with van der Waals surface area (Å²) in [5.74, 6) is -2.72. The molecule has 0 N–H and O–H groups in total. The smallest absolute Gasteiger partial charge is 0.249 e. The van der Waals surface area contributed by atoms with Crippen molar-refractivity contribution in [1.82, 2.24) is 14.7 Å². The molecule has 1 spiro atoms. The van der Waals surface area contributed by atoms with Gasteiger partial charge in [0.2, 0.25) is 5.92 Å². The van der Waals surface area contributed by atoms with Gasteiger partial charge in [-0.3, -0.25) is 14.7 Å². The quantitative estimate of drug-likeness (QED) is 0.279. The average Bonchev–Trinajstić information content (AvgIpc) is 3.10. The van der Waals surface area contributed by atoms with Gasteiger partial charge in [-0.05, 0) is 140 Å². The zero-order valence-corrected chi connectivity index (χ0v) is 31.6. The van der Waals surface area contributed by atoms with E-state index < -0.39 is 5.92 Å².